The summed E-state index contributed by atoms with van der Waals surface area (Å²) in [5.74, 6) is 1.39. The molecule has 1 aromatic carbocycles. The molecule has 0 saturated carbocycles. The van der Waals surface area contributed by atoms with Crippen molar-refractivity contribution < 1.29 is 18.7 Å². The Morgan fingerprint density at radius 1 is 1.23 bits per heavy atom. The summed E-state index contributed by atoms with van der Waals surface area (Å²) in [6.45, 7) is 7.60. The Morgan fingerprint density at radius 2 is 1.93 bits per heavy atom. The van der Waals surface area contributed by atoms with Crippen LogP contribution < -0.4 is 10.1 Å². The van der Waals surface area contributed by atoms with Gasteiger partial charge in [0.05, 0.1) is 6.61 Å². The normalized spacial score (nSPS) is 19.4. The molecule has 0 bridgehead atoms. The van der Waals surface area contributed by atoms with E-state index in [1.165, 1.54) is 12.1 Å². The number of piperazine rings is 1. The molecule has 2 fully saturated rings. The van der Waals surface area contributed by atoms with Crippen LogP contribution in [-0.4, -0.2) is 80.3 Å². The molecule has 30 heavy (non-hydrogen) atoms. The van der Waals surface area contributed by atoms with Gasteiger partial charge in [0.1, 0.15) is 17.7 Å². The van der Waals surface area contributed by atoms with Gasteiger partial charge in [-0.3, -0.25) is 9.79 Å². The first kappa shape index (κ1) is 24.6. The molecule has 7 nitrogen and oxygen atoms in total. The molecule has 3 rings (SSSR count). The van der Waals surface area contributed by atoms with Gasteiger partial charge in [0, 0.05) is 52.3 Å². The Bertz CT molecular complexity index is 675. The van der Waals surface area contributed by atoms with Gasteiger partial charge >= 0.3 is 0 Å². The zero-order chi connectivity index (χ0) is 20.5. The van der Waals surface area contributed by atoms with Crippen LogP contribution in [0.15, 0.2) is 29.3 Å². The number of benzene rings is 1. The smallest absolute Gasteiger partial charge is 0.251 e. The number of hydrogen-bond acceptors (Lipinski definition) is 4. The molecule has 0 aliphatic carbocycles. The predicted octanol–water partition coefficient (Wildman–Crippen LogP) is 2.50. The van der Waals surface area contributed by atoms with Crippen molar-refractivity contribution in [2.75, 3.05) is 52.5 Å². The quantitative estimate of drug-likeness (QED) is 0.252. The van der Waals surface area contributed by atoms with Crippen molar-refractivity contribution in [3.05, 3.63) is 30.1 Å². The van der Waals surface area contributed by atoms with Gasteiger partial charge < -0.3 is 24.6 Å². The predicted molar refractivity (Wildman–Crippen MR) is 125 cm³/mol. The van der Waals surface area contributed by atoms with Crippen molar-refractivity contribution >= 4 is 35.8 Å². The van der Waals surface area contributed by atoms with Crippen LogP contribution in [0, 0.1) is 5.82 Å². The maximum atomic E-state index is 12.9. The maximum absolute atomic E-state index is 12.9. The SMILES string of the molecule is CCNC(=NCCCOc1ccc(F)cc1)N1CCN(C(=O)C2CCCO2)CC1.I. The van der Waals surface area contributed by atoms with Crippen LogP contribution in [0.1, 0.15) is 26.2 Å². The van der Waals surface area contributed by atoms with Gasteiger partial charge in [0.2, 0.25) is 0 Å². The van der Waals surface area contributed by atoms with Crippen LogP contribution in [0.2, 0.25) is 0 Å². The number of halogens is 2. The van der Waals surface area contributed by atoms with Gasteiger partial charge in [-0.15, -0.1) is 24.0 Å². The number of guanidine groups is 1. The van der Waals surface area contributed by atoms with Gasteiger partial charge in [0.25, 0.3) is 5.91 Å². The number of carbonyl (C=O) groups is 1. The van der Waals surface area contributed by atoms with Crippen LogP contribution >= 0.6 is 24.0 Å². The van der Waals surface area contributed by atoms with Crippen LogP contribution in [0.5, 0.6) is 5.75 Å². The third-order valence-corrected chi connectivity index (χ3v) is 5.08. The van der Waals surface area contributed by atoms with Crippen LogP contribution in [-0.2, 0) is 9.53 Å². The van der Waals surface area contributed by atoms with E-state index < -0.39 is 0 Å². The monoisotopic (exact) mass is 534 g/mol. The molecule has 1 atom stereocenters. The number of hydrogen-bond donors (Lipinski definition) is 1. The third kappa shape index (κ3) is 7.26. The van der Waals surface area contributed by atoms with Gasteiger partial charge in [-0.2, -0.15) is 0 Å². The van der Waals surface area contributed by atoms with Gasteiger partial charge in [0.15, 0.2) is 5.96 Å². The maximum Gasteiger partial charge on any atom is 0.251 e. The van der Waals surface area contributed by atoms with Crippen molar-refractivity contribution in [1.82, 2.24) is 15.1 Å². The van der Waals surface area contributed by atoms with Crippen molar-refractivity contribution in [3.63, 3.8) is 0 Å². The minimum atomic E-state index is -0.269. The molecule has 1 amide bonds. The second kappa shape index (κ2) is 12.9. The largest absolute Gasteiger partial charge is 0.494 e. The minimum absolute atomic E-state index is 0. The Kier molecular flexibility index (Phi) is 10.6. The topological polar surface area (TPSA) is 66.4 Å². The summed E-state index contributed by atoms with van der Waals surface area (Å²) in [6.07, 6.45) is 2.33. The van der Waals surface area contributed by atoms with Crippen LogP contribution in [0.4, 0.5) is 4.39 Å². The molecule has 1 aromatic rings. The first-order chi connectivity index (χ1) is 14.2. The fourth-order valence-corrected chi connectivity index (χ4v) is 3.51. The van der Waals surface area contributed by atoms with E-state index in [-0.39, 0.29) is 41.8 Å². The van der Waals surface area contributed by atoms with Crippen molar-refractivity contribution in [1.29, 1.82) is 0 Å². The highest BCUT2D eigenvalue weighted by Gasteiger charge is 2.30. The highest BCUT2D eigenvalue weighted by atomic mass is 127. The molecule has 2 aliphatic heterocycles. The molecule has 1 unspecified atom stereocenters. The van der Waals surface area contributed by atoms with Gasteiger partial charge in [-0.1, -0.05) is 0 Å². The summed E-state index contributed by atoms with van der Waals surface area (Å²) in [4.78, 5) is 21.3. The number of aliphatic imine (C=N–C) groups is 1. The number of nitrogens with one attached hydrogen (secondary N) is 1. The summed E-state index contributed by atoms with van der Waals surface area (Å²) in [6, 6.07) is 6.03. The molecule has 2 aliphatic rings. The average molecular weight is 534 g/mol. The van der Waals surface area contributed by atoms with E-state index in [9.17, 15) is 9.18 Å². The molecule has 2 heterocycles. The van der Waals surface area contributed by atoms with E-state index in [1.54, 1.807) is 12.1 Å². The summed E-state index contributed by atoms with van der Waals surface area (Å²) in [5.41, 5.74) is 0. The first-order valence-corrected chi connectivity index (χ1v) is 10.5. The Hall–Kier alpha value is -1.62. The molecular weight excluding hydrogens is 502 g/mol. The standard InChI is InChI=1S/C21H31FN4O3.HI/c1-2-23-21(24-10-4-16-28-18-8-6-17(22)7-9-18)26-13-11-25(12-14-26)20(27)19-5-3-15-29-19;/h6-9,19H,2-5,10-16H2,1H3,(H,23,24);1H. The lowest BCUT2D eigenvalue weighted by atomic mass is 10.2. The molecule has 0 spiro atoms. The van der Waals surface area contributed by atoms with Crippen molar-refractivity contribution in [2.24, 2.45) is 4.99 Å². The Balaban J connectivity index is 0.00000320. The van der Waals surface area contributed by atoms with Crippen molar-refractivity contribution in [3.8, 4) is 5.75 Å². The zero-order valence-electron chi connectivity index (χ0n) is 17.5. The third-order valence-electron chi connectivity index (χ3n) is 5.08. The molecule has 0 radical (unpaired) electrons. The van der Waals surface area contributed by atoms with E-state index in [1.807, 2.05) is 11.8 Å². The first-order valence-electron chi connectivity index (χ1n) is 10.5. The molecule has 1 N–H and O–H groups in total. The fourth-order valence-electron chi connectivity index (χ4n) is 3.51. The zero-order valence-corrected chi connectivity index (χ0v) is 19.8. The number of nitrogens with zero attached hydrogens (tertiary/aromatic N) is 3. The molecule has 0 aromatic heterocycles. The number of ether oxygens (including phenoxy) is 2. The second-order valence-electron chi connectivity index (χ2n) is 7.21. The Morgan fingerprint density at radius 3 is 2.57 bits per heavy atom. The van der Waals surface area contributed by atoms with E-state index in [0.717, 1.165) is 44.9 Å². The lowest BCUT2D eigenvalue weighted by molar-refractivity contribution is -0.142. The number of carbonyl (C=O) groups excluding carboxylic acids is 1. The minimum Gasteiger partial charge on any atom is -0.494 e. The Labute approximate surface area is 195 Å². The van der Waals surface area contributed by atoms with Gasteiger partial charge in [-0.25, -0.2) is 4.39 Å². The highest BCUT2D eigenvalue weighted by molar-refractivity contribution is 14.0. The lowest BCUT2D eigenvalue weighted by Gasteiger charge is -2.37. The summed E-state index contributed by atoms with van der Waals surface area (Å²) < 4.78 is 24.0. The molecule has 9 heteroatoms. The highest BCUT2D eigenvalue weighted by Crippen LogP contribution is 2.16. The lowest BCUT2D eigenvalue weighted by Crippen LogP contribution is -2.55. The summed E-state index contributed by atoms with van der Waals surface area (Å²) >= 11 is 0. The average Bonchev–Trinajstić information content (AvgIpc) is 3.29. The molecule has 168 valence electrons. The second-order valence-corrected chi connectivity index (χ2v) is 7.21. The summed E-state index contributed by atoms with van der Waals surface area (Å²) in [7, 11) is 0. The number of rotatable bonds is 7. The van der Waals surface area contributed by atoms with E-state index in [2.05, 4.69) is 10.2 Å². The van der Waals surface area contributed by atoms with Crippen LogP contribution in [0.25, 0.3) is 0 Å². The molecular formula is C21H32FIN4O3. The fraction of sp³-hybridized carbons (Fsp3) is 0.619. The van der Waals surface area contributed by atoms with E-state index in [0.29, 0.717) is 38.6 Å². The van der Waals surface area contributed by atoms with Gasteiger partial charge in [-0.05, 0) is 44.0 Å². The summed E-state index contributed by atoms with van der Waals surface area (Å²) in [5, 5.41) is 3.33. The van der Waals surface area contributed by atoms with Crippen LogP contribution in [0.3, 0.4) is 0 Å². The van der Waals surface area contributed by atoms with Crippen molar-refractivity contribution in [2.45, 2.75) is 32.3 Å². The van der Waals surface area contributed by atoms with E-state index >= 15 is 0 Å². The number of amides is 1. The molecule has 2 saturated heterocycles. The van der Waals surface area contributed by atoms with E-state index in [4.69, 9.17) is 14.5 Å².